The summed E-state index contributed by atoms with van der Waals surface area (Å²) in [5.41, 5.74) is 2.35. The number of carbonyl (C=O) groups is 2. The molecule has 0 aromatic heterocycles. The maximum absolute atomic E-state index is 12.8. The van der Waals surface area contributed by atoms with Crippen molar-refractivity contribution in [2.24, 2.45) is 0 Å². The van der Waals surface area contributed by atoms with Crippen molar-refractivity contribution in [1.29, 1.82) is 0 Å². The monoisotopic (exact) mass is 425 g/mol. The third kappa shape index (κ3) is 5.55. The van der Waals surface area contributed by atoms with Crippen LogP contribution < -0.4 is 20.1 Å². The van der Waals surface area contributed by atoms with E-state index >= 15 is 0 Å². The van der Waals surface area contributed by atoms with Gasteiger partial charge in [-0.1, -0.05) is 18.2 Å². The van der Waals surface area contributed by atoms with Gasteiger partial charge in [-0.15, -0.1) is 0 Å². The molecular weight excluding hydrogens is 394 g/mol. The molecule has 1 saturated heterocycles. The third-order valence-electron chi connectivity index (χ3n) is 5.83. The molecule has 1 atom stereocenters. The van der Waals surface area contributed by atoms with Gasteiger partial charge in [0, 0.05) is 36.4 Å². The summed E-state index contributed by atoms with van der Waals surface area (Å²) in [6, 6.07) is 12.7. The smallest absolute Gasteiger partial charge is 0.251 e. The van der Waals surface area contributed by atoms with Crippen LogP contribution in [0.25, 0.3) is 0 Å². The zero-order valence-electron chi connectivity index (χ0n) is 18.6. The van der Waals surface area contributed by atoms with Gasteiger partial charge in [-0.25, -0.2) is 0 Å². The van der Waals surface area contributed by atoms with E-state index in [1.165, 1.54) is 0 Å². The first-order chi connectivity index (χ1) is 14.9. The molecule has 1 fully saturated rings. The minimum Gasteiger partial charge on any atom is -0.493 e. The van der Waals surface area contributed by atoms with Crippen molar-refractivity contribution >= 4 is 17.5 Å². The van der Waals surface area contributed by atoms with Crippen LogP contribution in [0.15, 0.2) is 42.5 Å². The zero-order chi connectivity index (χ0) is 22.4. The maximum atomic E-state index is 12.8. The molecule has 2 N–H and O–H groups in total. The summed E-state index contributed by atoms with van der Waals surface area (Å²) in [5, 5.41) is 6.09. The lowest BCUT2D eigenvalue weighted by atomic mass is 10.0. The minimum absolute atomic E-state index is 0.0317. The van der Waals surface area contributed by atoms with Gasteiger partial charge in [0.2, 0.25) is 5.91 Å². The van der Waals surface area contributed by atoms with Gasteiger partial charge in [-0.3, -0.25) is 14.5 Å². The molecular formula is C24H31N3O4. The van der Waals surface area contributed by atoms with Gasteiger partial charge in [0.05, 0.1) is 20.3 Å². The number of ether oxygens (including phenoxy) is 2. The number of nitrogens with one attached hydrogen (secondary N) is 2. The van der Waals surface area contributed by atoms with Crippen molar-refractivity contribution in [3.63, 3.8) is 0 Å². The van der Waals surface area contributed by atoms with Gasteiger partial charge < -0.3 is 20.1 Å². The normalized spacial score (nSPS) is 15.7. The Morgan fingerprint density at radius 2 is 1.71 bits per heavy atom. The Kier molecular flexibility index (Phi) is 7.52. The SMILES string of the molecule is COc1ccc(NC(=O)C(C)N2CCC(NC(=O)c3ccccc3C)CC2)cc1OC. The van der Waals surface area contributed by atoms with E-state index in [1.54, 1.807) is 32.4 Å². The van der Waals surface area contributed by atoms with Crippen molar-refractivity contribution in [2.45, 2.75) is 38.8 Å². The highest BCUT2D eigenvalue weighted by molar-refractivity contribution is 5.96. The van der Waals surface area contributed by atoms with Crippen molar-refractivity contribution in [2.75, 3.05) is 32.6 Å². The van der Waals surface area contributed by atoms with Crippen LogP contribution in [0.4, 0.5) is 5.69 Å². The summed E-state index contributed by atoms with van der Waals surface area (Å²) in [6.07, 6.45) is 1.62. The molecule has 2 aromatic rings. The molecule has 1 aliphatic heterocycles. The number of anilines is 1. The highest BCUT2D eigenvalue weighted by Gasteiger charge is 2.27. The van der Waals surface area contributed by atoms with Crippen molar-refractivity contribution < 1.29 is 19.1 Å². The molecule has 31 heavy (non-hydrogen) atoms. The fraction of sp³-hybridized carbons (Fsp3) is 0.417. The van der Waals surface area contributed by atoms with Crippen molar-refractivity contribution in [1.82, 2.24) is 10.2 Å². The number of carbonyl (C=O) groups excluding carboxylic acids is 2. The van der Waals surface area contributed by atoms with Gasteiger partial charge >= 0.3 is 0 Å². The summed E-state index contributed by atoms with van der Waals surface area (Å²) in [7, 11) is 3.14. The Labute approximate surface area is 183 Å². The molecule has 1 heterocycles. The van der Waals surface area contributed by atoms with Gasteiger partial charge in [0.15, 0.2) is 11.5 Å². The first-order valence-electron chi connectivity index (χ1n) is 10.6. The fourth-order valence-corrected chi connectivity index (χ4v) is 3.85. The van der Waals surface area contributed by atoms with E-state index in [4.69, 9.17) is 9.47 Å². The highest BCUT2D eigenvalue weighted by Crippen LogP contribution is 2.30. The van der Waals surface area contributed by atoms with Gasteiger partial charge in [-0.2, -0.15) is 0 Å². The molecule has 7 heteroatoms. The molecule has 0 radical (unpaired) electrons. The number of piperidine rings is 1. The molecule has 0 spiro atoms. The van der Waals surface area contributed by atoms with Crippen LogP contribution in [0.5, 0.6) is 11.5 Å². The Balaban J connectivity index is 1.51. The summed E-state index contributed by atoms with van der Waals surface area (Å²) in [4.78, 5) is 27.4. The van der Waals surface area contributed by atoms with Crippen LogP contribution in [0.1, 0.15) is 35.7 Å². The first-order valence-corrected chi connectivity index (χ1v) is 10.6. The van der Waals surface area contributed by atoms with E-state index in [9.17, 15) is 9.59 Å². The van der Waals surface area contributed by atoms with Crippen LogP contribution in [-0.4, -0.2) is 56.1 Å². The number of likely N-dealkylation sites (tertiary alicyclic amines) is 1. The number of hydrogen-bond donors (Lipinski definition) is 2. The molecule has 7 nitrogen and oxygen atoms in total. The summed E-state index contributed by atoms with van der Waals surface area (Å²) < 4.78 is 10.5. The number of hydrogen-bond acceptors (Lipinski definition) is 5. The van der Waals surface area contributed by atoms with E-state index in [-0.39, 0.29) is 23.9 Å². The van der Waals surface area contributed by atoms with E-state index in [1.807, 2.05) is 38.1 Å². The number of amides is 2. The number of benzene rings is 2. The standard InChI is InChI=1S/C24H31N3O4/c1-16-7-5-6-8-20(16)24(29)25-18-11-13-27(14-12-18)17(2)23(28)26-19-9-10-21(30-3)22(15-19)31-4/h5-10,15,17-18H,11-14H2,1-4H3,(H,25,29)(H,26,28). The summed E-state index contributed by atoms with van der Waals surface area (Å²) >= 11 is 0. The lowest BCUT2D eigenvalue weighted by Crippen LogP contribution is -2.50. The molecule has 0 aliphatic carbocycles. The van der Waals surface area contributed by atoms with Crippen LogP contribution >= 0.6 is 0 Å². The second kappa shape index (κ2) is 10.3. The van der Waals surface area contributed by atoms with Crippen molar-refractivity contribution in [3.8, 4) is 11.5 Å². The van der Waals surface area contributed by atoms with Crippen LogP contribution in [0.3, 0.4) is 0 Å². The van der Waals surface area contributed by atoms with Crippen LogP contribution in [0.2, 0.25) is 0 Å². The topological polar surface area (TPSA) is 79.9 Å². The van der Waals surface area contributed by atoms with Crippen LogP contribution in [-0.2, 0) is 4.79 Å². The average Bonchev–Trinajstić information content (AvgIpc) is 2.79. The number of methoxy groups -OCH3 is 2. The zero-order valence-corrected chi connectivity index (χ0v) is 18.6. The van der Waals surface area contributed by atoms with Crippen LogP contribution in [0, 0.1) is 6.92 Å². The van der Waals surface area contributed by atoms with Gasteiger partial charge in [0.1, 0.15) is 0 Å². The lowest BCUT2D eigenvalue weighted by molar-refractivity contribution is -0.121. The van der Waals surface area contributed by atoms with E-state index in [0.29, 0.717) is 22.7 Å². The Hall–Kier alpha value is -3.06. The predicted octanol–water partition coefficient (Wildman–Crippen LogP) is 3.23. The molecule has 0 saturated carbocycles. The molecule has 2 aromatic carbocycles. The summed E-state index contributed by atoms with van der Waals surface area (Å²) in [5.74, 6) is 1.08. The second-order valence-electron chi connectivity index (χ2n) is 7.83. The fourth-order valence-electron chi connectivity index (χ4n) is 3.85. The molecule has 1 unspecified atom stereocenters. The highest BCUT2D eigenvalue weighted by atomic mass is 16.5. The first kappa shape index (κ1) is 22.6. The molecule has 166 valence electrons. The molecule has 1 aliphatic rings. The molecule has 2 amide bonds. The number of nitrogens with zero attached hydrogens (tertiary/aromatic N) is 1. The van der Waals surface area contributed by atoms with Crippen molar-refractivity contribution in [3.05, 3.63) is 53.6 Å². The van der Waals surface area contributed by atoms with Gasteiger partial charge in [0.25, 0.3) is 5.91 Å². The largest absolute Gasteiger partial charge is 0.493 e. The summed E-state index contributed by atoms with van der Waals surface area (Å²) in [6.45, 7) is 5.34. The third-order valence-corrected chi connectivity index (χ3v) is 5.83. The average molecular weight is 426 g/mol. The van der Waals surface area contributed by atoms with E-state index < -0.39 is 0 Å². The second-order valence-corrected chi connectivity index (χ2v) is 7.83. The molecule has 3 rings (SSSR count). The number of rotatable bonds is 7. The quantitative estimate of drug-likeness (QED) is 0.712. The Morgan fingerprint density at radius 3 is 2.35 bits per heavy atom. The van der Waals surface area contributed by atoms with Gasteiger partial charge in [-0.05, 0) is 50.5 Å². The minimum atomic E-state index is -0.277. The number of aryl methyl sites for hydroxylation is 1. The lowest BCUT2D eigenvalue weighted by Gasteiger charge is -2.35. The Bertz CT molecular complexity index is 923. The van der Waals surface area contributed by atoms with E-state index in [2.05, 4.69) is 15.5 Å². The predicted molar refractivity (Wildman–Crippen MR) is 121 cm³/mol. The molecule has 0 bridgehead atoms. The van der Waals surface area contributed by atoms with E-state index in [0.717, 1.165) is 31.5 Å². The Morgan fingerprint density at radius 1 is 1.03 bits per heavy atom. The maximum Gasteiger partial charge on any atom is 0.251 e.